The predicted octanol–water partition coefficient (Wildman–Crippen LogP) is 5.12. The summed E-state index contributed by atoms with van der Waals surface area (Å²) in [6, 6.07) is 17.9. The zero-order valence-corrected chi connectivity index (χ0v) is 11.2. The number of para-hydroxylation sites is 1. The van der Waals surface area contributed by atoms with Crippen LogP contribution in [-0.2, 0) is 0 Å². The maximum absolute atomic E-state index is 5.72. The first-order valence-electron chi connectivity index (χ1n) is 5.42. The lowest BCUT2D eigenvalue weighted by Gasteiger charge is -2.09. The van der Waals surface area contributed by atoms with Crippen molar-refractivity contribution in [3.63, 3.8) is 0 Å². The Morgan fingerprint density at radius 2 is 1.53 bits per heavy atom. The highest BCUT2D eigenvalue weighted by molar-refractivity contribution is 8.68. The highest BCUT2D eigenvalue weighted by atomic mass is 33.1. The van der Waals surface area contributed by atoms with Gasteiger partial charge in [0.1, 0.15) is 11.5 Å². The molecule has 0 saturated carbocycles. The van der Waals surface area contributed by atoms with E-state index in [4.69, 9.17) is 4.74 Å². The van der Waals surface area contributed by atoms with Gasteiger partial charge < -0.3 is 4.74 Å². The lowest BCUT2D eigenvalue weighted by atomic mass is 10.1. The molecular formula is C14H14OS2. The Hall–Kier alpha value is -1.06. The summed E-state index contributed by atoms with van der Waals surface area (Å²) in [6.07, 6.45) is 0. The molecule has 1 atom stereocenters. The third kappa shape index (κ3) is 3.45. The van der Waals surface area contributed by atoms with Gasteiger partial charge in [-0.05, 0) is 36.8 Å². The number of ether oxygens (including phenoxy) is 1. The van der Waals surface area contributed by atoms with Crippen LogP contribution in [0.1, 0.15) is 17.7 Å². The van der Waals surface area contributed by atoms with Crippen molar-refractivity contribution in [2.24, 2.45) is 0 Å². The van der Waals surface area contributed by atoms with Gasteiger partial charge in [-0.2, -0.15) is 0 Å². The molecule has 1 nitrogen and oxygen atoms in total. The third-order valence-corrected chi connectivity index (χ3v) is 4.02. The Morgan fingerprint density at radius 3 is 2.12 bits per heavy atom. The fourth-order valence-corrected chi connectivity index (χ4v) is 2.14. The molecule has 1 unspecified atom stereocenters. The minimum absolute atomic E-state index is 0.393. The molecule has 0 saturated heterocycles. The van der Waals surface area contributed by atoms with Gasteiger partial charge in [-0.1, -0.05) is 41.1 Å². The molecule has 0 N–H and O–H groups in total. The summed E-state index contributed by atoms with van der Waals surface area (Å²) in [5.74, 6) is 1.72. The fraction of sp³-hybridized carbons (Fsp3) is 0.143. The minimum Gasteiger partial charge on any atom is -0.457 e. The summed E-state index contributed by atoms with van der Waals surface area (Å²) in [6.45, 7) is 2.13. The molecule has 0 spiro atoms. The van der Waals surface area contributed by atoms with E-state index in [1.165, 1.54) is 5.56 Å². The second-order valence-electron chi connectivity index (χ2n) is 3.73. The molecule has 0 aliphatic heterocycles. The van der Waals surface area contributed by atoms with Crippen molar-refractivity contribution in [3.05, 3.63) is 60.2 Å². The van der Waals surface area contributed by atoms with Gasteiger partial charge >= 0.3 is 0 Å². The lowest BCUT2D eigenvalue weighted by Crippen LogP contribution is -1.87. The number of rotatable bonds is 4. The van der Waals surface area contributed by atoms with Gasteiger partial charge in [0.15, 0.2) is 0 Å². The topological polar surface area (TPSA) is 9.23 Å². The van der Waals surface area contributed by atoms with Crippen LogP contribution in [0.4, 0.5) is 0 Å². The van der Waals surface area contributed by atoms with Crippen LogP contribution >= 0.6 is 22.5 Å². The molecule has 0 amide bonds. The maximum atomic E-state index is 5.72. The van der Waals surface area contributed by atoms with E-state index >= 15 is 0 Å². The molecule has 17 heavy (non-hydrogen) atoms. The summed E-state index contributed by atoms with van der Waals surface area (Å²) in [4.78, 5) is 0. The lowest BCUT2D eigenvalue weighted by molar-refractivity contribution is 0.482. The van der Waals surface area contributed by atoms with Gasteiger partial charge in [0.2, 0.25) is 0 Å². The first kappa shape index (κ1) is 12.4. The van der Waals surface area contributed by atoms with Crippen LogP contribution < -0.4 is 4.74 Å². The Morgan fingerprint density at radius 1 is 0.941 bits per heavy atom. The van der Waals surface area contributed by atoms with Crippen LogP contribution in [0.2, 0.25) is 0 Å². The zero-order chi connectivity index (χ0) is 12.1. The molecule has 2 aromatic carbocycles. The van der Waals surface area contributed by atoms with Gasteiger partial charge in [0, 0.05) is 5.25 Å². The van der Waals surface area contributed by atoms with Crippen LogP contribution in [0.5, 0.6) is 11.5 Å². The van der Waals surface area contributed by atoms with Gasteiger partial charge in [0.25, 0.3) is 0 Å². The standard InChI is InChI=1S/C14H14OS2/c1-11(17-16)12-7-9-14(10-8-12)15-13-5-3-2-4-6-13/h2-11,16H,1H3. The summed E-state index contributed by atoms with van der Waals surface area (Å²) >= 11 is 4.22. The third-order valence-electron chi connectivity index (χ3n) is 2.49. The predicted molar refractivity (Wildman–Crippen MR) is 78.0 cm³/mol. The van der Waals surface area contributed by atoms with Crippen LogP contribution in [0.15, 0.2) is 54.6 Å². The molecular weight excluding hydrogens is 248 g/mol. The van der Waals surface area contributed by atoms with Crippen molar-refractivity contribution in [2.75, 3.05) is 0 Å². The molecule has 88 valence electrons. The largest absolute Gasteiger partial charge is 0.457 e. The number of benzene rings is 2. The van der Waals surface area contributed by atoms with E-state index in [1.807, 2.05) is 42.5 Å². The average Bonchev–Trinajstić information content (AvgIpc) is 2.40. The quantitative estimate of drug-likeness (QED) is 0.605. The summed E-state index contributed by atoms with van der Waals surface area (Å²) in [5, 5.41) is 0.393. The molecule has 0 fully saturated rings. The SMILES string of the molecule is CC(SS)c1ccc(Oc2ccccc2)cc1. The van der Waals surface area contributed by atoms with Crippen LogP contribution in [0.25, 0.3) is 0 Å². The first-order valence-corrected chi connectivity index (χ1v) is 7.36. The summed E-state index contributed by atoms with van der Waals surface area (Å²) < 4.78 is 5.72. The zero-order valence-electron chi connectivity index (χ0n) is 9.54. The van der Waals surface area contributed by atoms with Crippen molar-refractivity contribution in [1.29, 1.82) is 0 Å². The number of hydrogen-bond acceptors (Lipinski definition) is 3. The van der Waals surface area contributed by atoms with Crippen molar-refractivity contribution in [2.45, 2.75) is 12.2 Å². The molecule has 0 bridgehead atoms. The molecule has 2 aromatic rings. The monoisotopic (exact) mass is 262 g/mol. The van der Waals surface area contributed by atoms with E-state index in [1.54, 1.807) is 10.8 Å². The normalized spacial score (nSPS) is 12.1. The molecule has 0 aliphatic carbocycles. The molecule has 0 heterocycles. The molecule has 0 aliphatic rings. The van der Waals surface area contributed by atoms with Gasteiger partial charge in [-0.3, -0.25) is 0 Å². The second kappa shape index (κ2) is 6.03. The van der Waals surface area contributed by atoms with E-state index in [2.05, 4.69) is 30.7 Å². The number of thiol groups is 1. The Balaban J connectivity index is 2.08. The Labute approximate surface area is 111 Å². The fourth-order valence-electron chi connectivity index (χ4n) is 1.49. The van der Waals surface area contributed by atoms with E-state index in [-0.39, 0.29) is 0 Å². The van der Waals surface area contributed by atoms with E-state index in [0.29, 0.717) is 5.25 Å². The van der Waals surface area contributed by atoms with Crippen molar-refractivity contribution >= 4 is 22.5 Å². The smallest absolute Gasteiger partial charge is 0.127 e. The van der Waals surface area contributed by atoms with Crippen LogP contribution in [0.3, 0.4) is 0 Å². The van der Waals surface area contributed by atoms with Gasteiger partial charge in [0.05, 0.1) is 0 Å². The summed E-state index contributed by atoms with van der Waals surface area (Å²) in [5.41, 5.74) is 1.26. The molecule has 3 heteroatoms. The average molecular weight is 262 g/mol. The highest BCUT2D eigenvalue weighted by Gasteiger charge is 2.04. The highest BCUT2D eigenvalue weighted by Crippen LogP contribution is 2.32. The van der Waals surface area contributed by atoms with Crippen LogP contribution in [0, 0.1) is 0 Å². The summed E-state index contributed by atoms with van der Waals surface area (Å²) in [7, 11) is 1.54. The Bertz CT molecular complexity index is 453. The number of hydrogen-bond donors (Lipinski definition) is 1. The molecule has 0 radical (unpaired) electrons. The van der Waals surface area contributed by atoms with Crippen LogP contribution in [-0.4, -0.2) is 0 Å². The van der Waals surface area contributed by atoms with Gasteiger partial charge in [-0.25, -0.2) is 0 Å². The van der Waals surface area contributed by atoms with Crippen molar-refractivity contribution in [1.82, 2.24) is 0 Å². The van der Waals surface area contributed by atoms with E-state index in [9.17, 15) is 0 Å². The minimum atomic E-state index is 0.393. The van der Waals surface area contributed by atoms with Crippen molar-refractivity contribution < 1.29 is 4.74 Å². The maximum Gasteiger partial charge on any atom is 0.127 e. The molecule has 0 aromatic heterocycles. The Kier molecular flexibility index (Phi) is 4.40. The molecule has 2 rings (SSSR count). The van der Waals surface area contributed by atoms with E-state index < -0.39 is 0 Å². The van der Waals surface area contributed by atoms with Crippen molar-refractivity contribution in [3.8, 4) is 11.5 Å². The van der Waals surface area contributed by atoms with Gasteiger partial charge in [-0.15, -0.1) is 11.7 Å². The van der Waals surface area contributed by atoms with E-state index in [0.717, 1.165) is 11.5 Å². The second-order valence-corrected chi connectivity index (χ2v) is 5.28. The first-order chi connectivity index (χ1) is 8.29.